The maximum absolute atomic E-state index is 11.7. The second kappa shape index (κ2) is 38.0. The van der Waals surface area contributed by atoms with Crippen molar-refractivity contribution in [3.05, 3.63) is 12.2 Å². The summed E-state index contributed by atoms with van der Waals surface area (Å²) < 4.78 is 10.5. The van der Waals surface area contributed by atoms with Gasteiger partial charge in [0.25, 0.3) is 0 Å². The molecule has 0 aromatic rings. The van der Waals surface area contributed by atoms with Crippen LogP contribution in [0.3, 0.4) is 0 Å². The van der Waals surface area contributed by atoms with Gasteiger partial charge < -0.3 is 9.47 Å². The zero-order valence-corrected chi connectivity index (χ0v) is 28.9. The smallest absolute Gasteiger partial charge is 0.434 e. The van der Waals surface area contributed by atoms with Crippen molar-refractivity contribution in [1.29, 1.82) is 0 Å². The van der Waals surface area contributed by atoms with E-state index in [0.29, 0.717) is 13.2 Å². The van der Waals surface area contributed by atoms with Crippen molar-refractivity contribution in [2.45, 2.75) is 219 Å². The summed E-state index contributed by atoms with van der Waals surface area (Å²) in [6, 6.07) is 0. The molecule has 0 radical (unpaired) electrons. The van der Waals surface area contributed by atoms with Crippen molar-refractivity contribution in [3.63, 3.8) is 0 Å². The van der Waals surface area contributed by atoms with E-state index in [9.17, 15) is 4.79 Å². The average molecular weight is 593 g/mol. The van der Waals surface area contributed by atoms with Gasteiger partial charge in [0.1, 0.15) is 0 Å². The summed E-state index contributed by atoms with van der Waals surface area (Å²) in [6.07, 6.45) is 46.9. The lowest BCUT2D eigenvalue weighted by Crippen LogP contribution is -2.09. The van der Waals surface area contributed by atoms with Crippen LogP contribution >= 0.6 is 0 Å². The van der Waals surface area contributed by atoms with Gasteiger partial charge in [-0.1, -0.05) is 193 Å². The summed E-state index contributed by atoms with van der Waals surface area (Å²) >= 11 is 0. The lowest BCUT2D eigenvalue weighted by molar-refractivity contribution is 0.0529. The van der Waals surface area contributed by atoms with Gasteiger partial charge in [-0.25, -0.2) is 4.79 Å². The molecule has 0 aromatic carbocycles. The van der Waals surface area contributed by atoms with Gasteiger partial charge in [0, 0.05) is 0 Å². The fourth-order valence-electron chi connectivity index (χ4n) is 5.71. The number of carbonyl (C=O) groups excluding carboxylic acids is 1. The Morgan fingerprint density at radius 2 is 0.595 bits per heavy atom. The minimum Gasteiger partial charge on any atom is -0.434 e. The van der Waals surface area contributed by atoms with Crippen molar-refractivity contribution >= 4 is 6.16 Å². The molecular weight excluding hydrogens is 516 g/mol. The third-order valence-corrected chi connectivity index (χ3v) is 8.59. The predicted molar refractivity (Wildman–Crippen MR) is 186 cm³/mol. The van der Waals surface area contributed by atoms with E-state index >= 15 is 0 Å². The Morgan fingerprint density at radius 1 is 0.357 bits per heavy atom. The molecule has 0 atom stereocenters. The van der Waals surface area contributed by atoms with E-state index in [2.05, 4.69) is 26.0 Å². The maximum atomic E-state index is 11.7. The van der Waals surface area contributed by atoms with E-state index in [1.807, 2.05) is 0 Å². The van der Waals surface area contributed by atoms with Gasteiger partial charge in [0.05, 0.1) is 13.2 Å². The molecule has 3 heteroatoms. The molecule has 0 spiro atoms. The Labute approximate surface area is 264 Å². The van der Waals surface area contributed by atoms with E-state index in [1.165, 1.54) is 180 Å². The van der Waals surface area contributed by atoms with Gasteiger partial charge >= 0.3 is 6.16 Å². The largest absolute Gasteiger partial charge is 0.508 e. The molecule has 0 saturated carbocycles. The van der Waals surface area contributed by atoms with Crippen molar-refractivity contribution < 1.29 is 14.3 Å². The topological polar surface area (TPSA) is 35.5 Å². The highest BCUT2D eigenvalue weighted by atomic mass is 16.7. The first kappa shape index (κ1) is 41.0. The number of hydrogen-bond acceptors (Lipinski definition) is 3. The molecule has 42 heavy (non-hydrogen) atoms. The van der Waals surface area contributed by atoms with Gasteiger partial charge in [-0.05, 0) is 38.5 Å². The number of hydrogen-bond donors (Lipinski definition) is 0. The summed E-state index contributed by atoms with van der Waals surface area (Å²) in [7, 11) is 0. The summed E-state index contributed by atoms with van der Waals surface area (Å²) in [6.45, 7) is 5.56. The average Bonchev–Trinajstić information content (AvgIpc) is 3.00. The van der Waals surface area contributed by atoms with E-state index < -0.39 is 6.16 Å². The molecule has 3 nitrogen and oxygen atoms in total. The first-order chi connectivity index (χ1) is 20.8. The summed E-state index contributed by atoms with van der Waals surface area (Å²) in [4.78, 5) is 11.7. The minimum atomic E-state index is -0.478. The molecule has 0 unspecified atom stereocenters. The van der Waals surface area contributed by atoms with E-state index in [-0.39, 0.29) is 0 Å². The standard InChI is InChI=1S/C39H76O3/c1-3-5-7-9-11-13-15-17-19-20-21-22-23-24-26-28-30-32-34-36-38-42-39(40)41-37-35-33-31-29-27-25-18-16-14-12-10-8-6-4-2/h14,16H,3-13,15,17-38H2,1-2H3. The SMILES string of the molecule is CCCCCCC=CCCCCCCCCOC(=O)OCCCCCCCCCCCCCCCCCCCCCC. The summed E-state index contributed by atoms with van der Waals surface area (Å²) in [5, 5.41) is 0. The number of ether oxygens (including phenoxy) is 2. The first-order valence-corrected chi connectivity index (χ1v) is 19.3. The van der Waals surface area contributed by atoms with Crippen molar-refractivity contribution in [2.75, 3.05) is 13.2 Å². The zero-order chi connectivity index (χ0) is 30.4. The van der Waals surface area contributed by atoms with Crippen LogP contribution in [-0.4, -0.2) is 19.4 Å². The van der Waals surface area contributed by atoms with Crippen LogP contribution in [0.4, 0.5) is 4.79 Å². The van der Waals surface area contributed by atoms with Crippen LogP contribution in [0, 0.1) is 0 Å². The quantitative estimate of drug-likeness (QED) is 0.0417. The Morgan fingerprint density at radius 3 is 0.905 bits per heavy atom. The van der Waals surface area contributed by atoms with Crippen molar-refractivity contribution in [1.82, 2.24) is 0 Å². The van der Waals surface area contributed by atoms with E-state index in [4.69, 9.17) is 9.47 Å². The Balaban J connectivity index is 3.16. The third-order valence-electron chi connectivity index (χ3n) is 8.59. The minimum absolute atomic E-state index is 0.478. The van der Waals surface area contributed by atoms with Crippen LogP contribution in [0.5, 0.6) is 0 Å². The lowest BCUT2D eigenvalue weighted by atomic mass is 10.0. The molecule has 0 aliphatic carbocycles. The van der Waals surface area contributed by atoms with Gasteiger partial charge in [0.2, 0.25) is 0 Å². The monoisotopic (exact) mass is 593 g/mol. The molecule has 0 heterocycles. The molecule has 0 rings (SSSR count). The normalized spacial score (nSPS) is 11.5. The maximum Gasteiger partial charge on any atom is 0.508 e. The fourth-order valence-corrected chi connectivity index (χ4v) is 5.71. The molecule has 250 valence electrons. The van der Waals surface area contributed by atoms with Gasteiger partial charge in [-0.2, -0.15) is 0 Å². The number of allylic oxidation sites excluding steroid dienone is 2. The number of unbranched alkanes of at least 4 members (excludes halogenated alkanes) is 29. The van der Waals surface area contributed by atoms with E-state index in [1.54, 1.807) is 0 Å². The van der Waals surface area contributed by atoms with Gasteiger partial charge in [-0.15, -0.1) is 0 Å². The number of carbonyl (C=O) groups is 1. The molecular formula is C39H76O3. The predicted octanol–water partition coefficient (Wildman–Crippen LogP) is 14.2. The van der Waals surface area contributed by atoms with E-state index in [0.717, 1.165) is 25.7 Å². The lowest BCUT2D eigenvalue weighted by Gasteiger charge is -2.06. The highest BCUT2D eigenvalue weighted by Crippen LogP contribution is 2.15. The molecule has 0 aromatic heterocycles. The van der Waals surface area contributed by atoms with Crippen LogP contribution in [0.25, 0.3) is 0 Å². The van der Waals surface area contributed by atoms with Crippen LogP contribution in [-0.2, 0) is 9.47 Å². The molecule has 0 N–H and O–H groups in total. The second-order valence-electron chi connectivity index (χ2n) is 12.9. The summed E-state index contributed by atoms with van der Waals surface area (Å²) in [5.74, 6) is 0. The molecule has 0 aliphatic heterocycles. The molecule has 0 aliphatic rings. The molecule has 0 fully saturated rings. The molecule has 0 saturated heterocycles. The van der Waals surface area contributed by atoms with Crippen LogP contribution in [0.1, 0.15) is 219 Å². The van der Waals surface area contributed by atoms with Crippen molar-refractivity contribution in [3.8, 4) is 0 Å². The molecule has 0 amide bonds. The zero-order valence-electron chi connectivity index (χ0n) is 28.9. The van der Waals surface area contributed by atoms with Gasteiger partial charge in [0.15, 0.2) is 0 Å². The van der Waals surface area contributed by atoms with Crippen molar-refractivity contribution in [2.24, 2.45) is 0 Å². The number of rotatable bonds is 35. The Kier molecular flexibility index (Phi) is 37.1. The highest BCUT2D eigenvalue weighted by Gasteiger charge is 2.03. The Bertz CT molecular complexity index is 530. The third kappa shape index (κ3) is 37.0. The summed E-state index contributed by atoms with van der Waals surface area (Å²) in [5.41, 5.74) is 0. The van der Waals surface area contributed by atoms with Crippen LogP contribution < -0.4 is 0 Å². The van der Waals surface area contributed by atoms with Crippen LogP contribution in [0.2, 0.25) is 0 Å². The first-order valence-electron chi connectivity index (χ1n) is 19.3. The molecule has 0 bridgehead atoms. The highest BCUT2D eigenvalue weighted by molar-refractivity contribution is 5.59. The van der Waals surface area contributed by atoms with Gasteiger partial charge in [-0.3, -0.25) is 0 Å². The second-order valence-corrected chi connectivity index (χ2v) is 12.9. The Hall–Kier alpha value is -0.990. The fraction of sp³-hybridized carbons (Fsp3) is 0.923. The van der Waals surface area contributed by atoms with Crippen LogP contribution in [0.15, 0.2) is 12.2 Å².